The minimum atomic E-state index is -0.305. The molecule has 29 heavy (non-hydrogen) atoms. The third-order valence-electron chi connectivity index (χ3n) is 5.86. The highest BCUT2D eigenvalue weighted by molar-refractivity contribution is 5.59. The number of non-ortho nitro benzene ring substituents is 1. The molecule has 6 heteroatoms. The zero-order valence-corrected chi connectivity index (χ0v) is 16.8. The van der Waals surface area contributed by atoms with Crippen LogP contribution in [0.2, 0.25) is 0 Å². The van der Waals surface area contributed by atoms with Crippen LogP contribution in [0.3, 0.4) is 0 Å². The first-order valence-corrected chi connectivity index (χ1v) is 10.7. The molecule has 0 aromatic heterocycles. The monoisotopic (exact) mass is 395 g/mol. The molecule has 1 atom stereocenters. The van der Waals surface area contributed by atoms with Crippen LogP contribution in [0.5, 0.6) is 0 Å². The summed E-state index contributed by atoms with van der Waals surface area (Å²) in [6, 6.07) is 15.6. The van der Waals surface area contributed by atoms with E-state index in [0.717, 1.165) is 56.7 Å². The summed E-state index contributed by atoms with van der Waals surface area (Å²) in [5.41, 5.74) is 3.37. The van der Waals surface area contributed by atoms with Crippen molar-refractivity contribution in [2.75, 3.05) is 31.1 Å². The molecule has 0 N–H and O–H groups in total. The summed E-state index contributed by atoms with van der Waals surface area (Å²) in [5.74, 6) is 0. The van der Waals surface area contributed by atoms with Gasteiger partial charge in [0.1, 0.15) is 6.23 Å². The van der Waals surface area contributed by atoms with Gasteiger partial charge in [0.25, 0.3) is 5.69 Å². The molecule has 2 saturated heterocycles. The van der Waals surface area contributed by atoms with Gasteiger partial charge in [-0.05, 0) is 30.9 Å². The van der Waals surface area contributed by atoms with Crippen LogP contribution in [0.1, 0.15) is 49.5 Å². The van der Waals surface area contributed by atoms with Gasteiger partial charge < -0.3 is 9.64 Å². The van der Waals surface area contributed by atoms with Gasteiger partial charge in [0.15, 0.2) is 0 Å². The van der Waals surface area contributed by atoms with Crippen LogP contribution < -0.4 is 4.90 Å². The Balaban J connectivity index is 1.69. The van der Waals surface area contributed by atoms with E-state index in [9.17, 15) is 10.1 Å². The largest absolute Gasteiger partial charge is 0.371 e. The van der Waals surface area contributed by atoms with Crippen molar-refractivity contribution in [3.63, 3.8) is 0 Å². The van der Waals surface area contributed by atoms with Crippen molar-refractivity contribution in [1.82, 2.24) is 4.90 Å². The molecular weight excluding hydrogens is 366 g/mol. The predicted molar refractivity (Wildman–Crippen MR) is 114 cm³/mol. The van der Waals surface area contributed by atoms with Gasteiger partial charge in [-0.15, -0.1) is 0 Å². The molecule has 2 fully saturated rings. The fourth-order valence-corrected chi connectivity index (χ4v) is 4.40. The van der Waals surface area contributed by atoms with Crippen molar-refractivity contribution in [3.05, 3.63) is 69.8 Å². The first-order chi connectivity index (χ1) is 14.2. The number of benzene rings is 2. The van der Waals surface area contributed by atoms with Gasteiger partial charge in [0.2, 0.25) is 0 Å². The summed E-state index contributed by atoms with van der Waals surface area (Å²) in [6.07, 6.45) is 5.53. The SMILES string of the molecule is O=[N+]([O-])c1ccc(N2CCCCCC2)c([C@H]2OCCCN2Cc2ccccc2)c1. The lowest BCUT2D eigenvalue weighted by Crippen LogP contribution is -2.37. The van der Waals surface area contributed by atoms with Crippen LogP contribution in [0, 0.1) is 10.1 Å². The minimum absolute atomic E-state index is 0.132. The lowest BCUT2D eigenvalue weighted by Gasteiger charge is -2.38. The Labute approximate surface area is 172 Å². The summed E-state index contributed by atoms with van der Waals surface area (Å²) in [7, 11) is 0. The summed E-state index contributed by atoms with van der Waals surface area (Å²) in [6.45, 7) is 4.36. The van der Waals surface area contributed by atoms with Crippen molar-refractivity contribution in [2.45, 2.75) is 44.9 Å². The van der Waals surface area contributed by atoms with Crippen LogP contribution in [0.25, 0.3) is 0 Å². The Morgan fingerprint density at radius 1 is 0.966 bits per heavy atom. The topological polar surface area (TPSA) is 58.9 Å². The van der Waals surface area contributed by atoms with Gasteiger partial charge in [0, 0.05) is 49.6 Å². The maximum atomic E-state index is 11.5. The third-order valence-corrected chi connectivity index (χ3v) is 5.86. The van der Waals surface area contributed by atoms with E-state index in [-0.39, 0.29) is 16.8 Å². The van der Waals surface area contributed by atoms with Crippen molar-refractivity contribution in [1.29, 1.82) is 0 Å². The molecule has 0 unspecified atom stereocenters. The lowest BCUT2D eigenvalue weighted by atomic mass is 10.1. The lowest BCUT2D eigenvalue weighted by molar-refractivity contribution is -0.385. The van der Waals surface area contributed by atoms with Crippen molar-refractivity contribution >= 4 is 11.4 Å². The summed E-state index contributed by atoms with van der Waals surface area (Å²) in [4.78, 5) is 15.9. The van der Waals surface area contributed by atoms with Gasteiger partial charge in [-0.2, -0.15) is 0 Å². The van der Waals surface area contributed by atoms with Gasteiger partial charge in [0.05, 0.1) is 11.5 Å². The molecule has 6 nitrogen and oxygen atoms in total. The van der Waals surface area contributed by atoms with E-state index >= 15 is 0 Å². The zero-order valence-electron chi connectivity index (χ0n) is 16.8. The number of hydrogen-bond acceptors (Lipinski definition) is 5. The van der Waals surface area contributed by atoms with Crippen molar-refractivity contribution < 1.29 is 9.66 Å². The fourth-order valence-electron chi connectivity index (χ4n) is 4.40. The number of nitro benzene ring substituents is 1. The number of hydrogen-bond donors (Lipinski definition) is 0. The normalized spacial score (nSPS) is 21.0. The number of nitro groups is 1. The Hall–Kier alpha value is -2.44. The maximum Gasteiger partial charge on any atom is 0.270 e. The van der Waals surface area contributed by atoms with E-state index in [1.807, 2.05) is 24.3 Å². The maximum absolute atomic E-state index is 11.5. The molecule has 0 spiro atoms. The number of anilines is 1. The average molecular weight is 396 g/mol. The molecule has 2 aliphatic heterocycles. The zero-order chi connectivity index (χ0) is 20.1. The molecule has 2 aromatic rings. The smallest absolute Gasteiger partial charge is 0.270 e. The van der Waals surface area contributed by atoms with Gasteiger partial charge >= 0.3 is 0 Å². The molecule has 4 rings (SSSR count). The second kappa shape index (κ2) is 9.37. The summed E-state index contributed by atoms with van der Waals surface area (Å²) in [5, 5.41) is 11.5. The van der Waals surface area contributed by atoms with E-state index < -0.39 is 0 Å². The fraction of sp³-hybridized carbons (Fsp3) is 0.478. The number of nitrogens with zero attached hydrogens (tertiary/aromatic N) is 3. The highest BCUT2D eigenvalue weighted by Gasteiger charge is 2.30. The van der Waals surface area contributed by atoms with Gasteiger partial charge in [-0.1, -0.05) is 43.2 Å². The molecule has 0 amide bonds. The van der Waals surface area contributed by atoms with Crippen LogP contribution in [-0.4, -0.2) is 36.1 Å². The summed E-state index contributed by atoms with van der Waals surface area (Å²) >= 11 is 0. The van der Waals surface area contributed by atoms with E-state index in [2.05, 4.69) is 21.9 Å². The van der Waals surface area contributed by atoms with E-state index in [1.54, 1.807) is 12.1 Å². The van der Waals surface area contributed by atoms with E-state index in [0.29, 0.717) is 6.61 Å². The van der Waals surface area contributed by atoms with E-state index in [4.69, 9.17) is 4.74 Å². The molecule has 0 aliphatic carbocycles. The van der Waals surface area contributed by atoms with Crippen molar-refractivity contribution in [3.8, 4) is 0 Å². The number of rotatable bonds is 5. The molecule has 0 bridgehead atoms. The number of ether oxygens (including phenoxy) is 1. The Morgan fingerprint density at radius 3 is 2.45 bits per heavy atom. The first kappa shape index (κ1) is 19.9. The van der Waals surface area contributed by atoms with Gasteiger partial charge in [-0.3, -0.25) is 15.0 Å². The average Bonchev–Trinajstić information content (AvgIpc) is 3.04. The molecule has 2 aromatic carbocycles. The van der Waals surface area contributed by atoms with E-state index in [1.165, 1.54) is 18.4 Å². The van der Waals surface area contributed by atoms with Gasteiger partial charge in [-0.25, -0.2) is 0 Å². The molecule has 2 aliphatic rings. The van der Waals surface area contributed by atoms with Crippen molar-refractivity contribution in [2.24, 2.45) is 0 Å². The molecule has 154 valence electrons. The van der Waals surface area contributed by atoms with Crippen LogP contribution >= 0.6 is 0 Å². The Morgan fingerprint density at radius 2 is 1.72 bits per heavy atom. The second-order valence-corrected chi connectivity index (χ2v) is 7.93. The quantitative estimate of drug-likeness (QED) is 0.532. The first-order valence-electron chi connectivity index (χ1n) is 10.7. The Bertz CT molecular complexity index is 819. The highest BCUT2D eigenvalue weighted by Crippen LogP contribution is 2.37. The van der Waals surface area contributed by atoms with Crippen LogP contribution in [0.4, 0.5) is 11.4 Å². The third kappa shape index (κ3) is 4.77. The second-order valence-electron chi connectivity index (χ2n) is 7.93. The van der Waals surface area contributed by atoms with Crippen LogP contribution in [-0.2, 0) is 11.3 Å². The summed E-state index contributed by atoms with van der Waals surface area (Å²) < 4.78 is 6.22. The minimum Gasteiger partial charge on any atom is -0.371 e. The Kier molecular flexibility index (Phi) is 6.42. The highest BCUT2D eigenvalue weighted by atomic mass is 16.6. The molecule has 2 heterocycles. The standard InChI is InChI=1S/C23H29N3O3/c27-26(28)20-11-12-22(24-13-6-1-2-7-14-24)21(17-20)23-25(15-8-16-29-23)18-19-9-4-3-5-10-19/h3-5,9-12,17,23H,1-2,6-8,13-16,18H2/t23-/m1/s1. The predicted octanol–water partition coefficient (Wildman–Crippen LogP) is 4.90. The van der Waals surface area contributed by atoms with Crippen LogP contribution in [0.15, 0.2) is 48.5 Å². The molecule has 0 saturated carbocycles. The molecular formula is C23H29N3O3. The molecule has 0 radical (unpaired) electrons.